The van der Waals surface area contributed by atoms with Gasteiger partial charge in [-0.3, -0.25) is 10.1 Å². The smallest absolute Gasteiger partial charge is 0.327 e. The SMILES string of the molecule is O=[N+]([O-])c1c(F)cc(F)cc1NCC1(CCO)CC1. The lowest BCUT2D eigenvalue weighted by molar-refractivity contribution is -0.386. The molecule has 0 aliphatic heterocycles. The van der Waals surface area contributed by atoms with Gasteiger partial charge in [0.25, 0.3) is 0 Å². The van der Waals surface area contributed by atoms with Gasteiger partial charge in [0.05, 0.1) is 4.92 Å². The van der Waals surface area contributed by atoms with Crippen molar-refractivity contribution in [1.82, 2.24) is 0 Å². The fourth-order valence-corrected chi connectivity index (χ4v) is 2.10. The van der Waals surface area contributed by atoms with Gasteiger partial charge in [-0.15, -0.1) is 0 Å². The average Bonchev–Trinajstić information content (AvgIpc) is 3.06. The van der Waals surface area contributed by atoms with Crippen molar-refractivity contribution in [3.05, 3.63) is 33.9 Å². The lowest BCUT2D eigenvalue weighted by Crippen LogP contribution is -2.17. The number of nitrogens with zero attached hydrogens (tertiary/aromatic N) is 1. The third-order valence-electron chi connectivity index (χ3n) is 3.46. The van der Waals surface area contributed by atoms with E-state index in [1.807, 2.05) is 0 Å². The first kappa shape index (κ1) is 13.7. The molecule has 0 spiro atoms. The van der Waals surface area contributed by atoms with E-state index in [2.05, 4.69) is 5.32 Å². The molecular formula is C12H14F2N2O3. The van der Waals surface area contributed by atoms with Crippen LogP contribution in [0.25, 0.3) is 0 Å². The van der Waals surface area contributed by atoms with Gasteiger partial charge in [-0.2, -0.15) is 4.39 Å². The maximum absolute atomic E-state index is 13.4. The van der Waals surface area contributed by atoms with E-state index >= 15 is 0 Å². The van der Waals surface area contributed by atoms with Crippen molar-refractivity contribution in [3.63, 3.8) is 0 Å². The minimum atomic E-state index is -1.19. The Morgan fingerprint density at radius 3 is 2.63 bits per heavy atom. The van der Waals surface area contributed by atoms with Crippen LogP contribution in [0.2, 0.25) is 0 Å². The van der Waals surface area contributed by atoms with E-state index < -0.39 is 22.2 Å². The van der Waals surface area contributed by atoms with E-state index in [-0.39, 0.29) is 17.7 Å². The maximum Gasteiger partial charge on any atom is 0.327 e. The van der Waals surface area contributed by atoms with E-state index in [0.717, 1.165) is 18.9 Å². The molecule has 2 rings (SSSR count). The summed E-state index contributed by atoms with van der Waals surface area (Å²) in [7, 11) is 0. The van der Waals surface area contributed by atoms with E-state index in [1.165, 1.54) is 0 Å². The van der Waals surface area contributed by atoms with E-state index in [1.54, 1.807) is 0 Å². The van der Waals surface area contributed by atoms with E-state index in [4.69, 9.17) is 5.11 Å². The number of hydrogen-bond donors (Lipinski definition) is 2. The monoisotopic (exact) mass is 272 g/mol. The summed E-state index contributed by atoms with van der Waals surface area (Å²) in [6.07, 6.45) is 2.36. The van der Waals surface area contributed by atoms with Crippen LogP contribution in [-0.2, 0) is 0 Å². The van der Waals surface area contributed by atoms with Gasteiger partial charge in [-0.05, 0) is 24.7 Å². The van der Waals surface area contributed by atoms with Gasteiger partial charge in [0.2, 0.25) is 5.82 Å². The summed E-state index contributed by atoms with van der Waals surface area (Å²) in [5.74, 6) is -2.06. The number of halogens is 2. The number of anilines is 1. The van der Waals surface area contributed by atoms with Crippen molar-refractivity contribution in [2.45, 2.75) is 19.3 Å². The molecule has 0 radical (unpaired) electrons. The second kappa shape index (κ2) is 5.08. The van der Waals surface area contributed by atoms with Crippen LogP contribution in [0.1, 0.15) is 19.3 Å². The molecule has 1 aromatic carbocycles. The number of rotatable bonds is 6. The molecule has 2 N–H and O–H groups in total. The fraction of sp³-hybridized carbons (Fsp3) is 0.500. The Morgan fingerprint density at radius 1 is 1.42 bits per heavy atom. The van der Waals surface area contributed by atoms with Crippen molar-refractivity contribution in [1.29, 1.82) is 0 Å². The molecule has 1 aromatic rings. The van der Waals surface area contributed by atoms with Crippen LogP contribution in [0.5, 0.6) is 0 Å². The van der Waals surface area contributed by atoms with Gasteiger partial charge in [-0.1, -0.05) is 0 Å². The summed E-state index contributed by atoms with van der Waals surface area (Å²) in [5, 5.41) is 22.4. The van der Waals surface area contributed by atoms with Crippen LogP contribution in [0, 0.1) is 27.2 Å². The molecule has 1 fully saturated rings. The van der Waals surface area contributed by atoms with Gasteiger partial charge in [-0.25, -0.2) is 4.39 Å². The van der Waals surface area contributed by atoms with E-state index in [9.17, 15) is 18.9 Å². The zero-order valence-electron chi connectivity index (χ0n) is 10.2. The third-order valence-corrected chi connectivity index (χ3v) is 3.46. The Morgan fingerprint density at radius 2 is 2.11 bits per heavy atom. The minimum absolute atomic E-state index is 0.0291. The molecule has 104 valence electrons. The maximum atomic E-state index is 13.4. The highest BCUT2D eigenvalue weighted by molar-refractivity contribution is 5.62. The van der Waals surface area contributed by atoms with Crippen molar-refractivity contribution >= 4 is 11.4 Å². The molecule has 19 heavy (non-hydrogen) atoms. The van der Waals surface area contributed by atoms with Crippen molar-refractivity contribution in [2.75, 3.05) is 18.5 Å². The molecule has 0 amide bonds. The largest absolute Gasteiger partial charge is 0.396 e. The molecule has 0 heterocycles. The standard InChI is InChI=1S/C12H14F2N2O3/c13-8-5-9(14)11(16(18)19)10(6-8)15-7-12(1-2-12)3-4-17/h5-6,15,17H,1-4,7H2. The first-order valence-electron chi connectivity index (χ1n) is 5.96. The summed E-state index contributed by atoms with van der Waals surface area (Å²) in [6, 6.07) is 1.40. The molecule has 0 atom stereocenters. The second-order valence-electron chi connectivity index (χ2n) is 4.87. The summed E-state index contributed by atoms with van der Waals surface area (Å²) in [5.41, 5.74) is -1.02. The summed E-state index contributed by atoms with van der Waals surface area (Å²) >= 11 is 0. The summed E-state index contributed by atoms with van der Waals surface area (Å²) in [6.45, 7) is 0.387. The first-order chi connectivity index (χ1) is 8.97. The van der Waals surface area contributed by atoms with Crippen LogP contribution in [0.15, 0.2) is 12.1 Å². The molecule has 1 saturated carbocycles. The highest BCUT2D eigenvalue weighted by atomic mass is 19.1. The quantitative estimate of drug-likeness (QED) is 0.616. The number of aliphatic hydroxyl groups excluding tert-OH is 1. The van der Waals surface area contributed by atoms with Crippen LogP contribution in [0.3, 0.4) is 0 Å². The predicted octanol–water partition coefficient (Wildman–Crippen LogP) is 2.45. The Kier molecular flexibility index (Phi) is 3.66. The van der Waals surface area contributed by atoms with Gasteiger partial charge < -0.3 is 10.4 Å². The number of nitrogens with one attached hydrogen (secondary N) is 1. The summed E-state index contributed by atoms with van der Waals surface area (Å²) in [4.78, 5) is 9.91. The zero-order valence-corrected chi connectivity index (χ0v) is 10.2. The molecule has 0 aromatic heterocycles. The van der Waals surface area contributed by atoms with Crippen molar-refractivity contribution in [3.8, 4) is 0 Å². The normalized spacial score (nSPS) is 16.2. The highest BCUT2D eigenvalue weighted by Crippen LogP contribution is 2.48. The van der Waals surface area contributed by atoms with Crippen LogP contribution in [0.4, 0.5) is 20.2 Å². The predicted molar refractivity (Wildman–Crippen MR) is 64.9 cm³/mol. The number of nitro groups is 1. The molecule has 1 aliphatic carbocycles. The Labute approximate surface area is 108 Å². The van der Waals surface area contributed by atoms with Crippen LogP contribution >= 0.6 is 0 Å². The van der Waals surface area contributed by atoms with Gasteiger partial charge in [0.15, 0.2) is 0 Å². The fourth-order valence-electron chi connectivity index (χ4n) is 2.10. The molecule has 7 heteroatoms. The van der Waals surface area contributed by atoms with Gasteiger partial charge in [0.1, 0.15) is 11.5 Å². The molecule has 0 bridgehead atoms. The van der Waals surface area contributed by atoms with Gasteiger partial charge in [0, 0.05) is 25.3 Å². The first-order valence-corrected chi connectivity index (χ1v) is 5.96. The van der Waals surface area contributed by atoms with Crippen molar-refractivity contribution in [2.24, 2.45) is 5.41 Å². The molecular weight excluding hydrogens is 258 g/mol. The van der Waals surface area contributed by atoms with Crippen LogP contribution < -0.4 is 5.32 Å². The molecule has 5 nitrogen and oxygen atoms in total. The Bertz CT molecular complexity index is 504. The number of benzene rings is 1. The number of nitro benzene ring substituents is 1. The highest BCUT2D eigenvalue weighted by Gasteiger charge is 2.42. The molecule has 0 saturated heterocycles. The summed E-state index contributed by atoms with van der Waals surface area (Å²) < 4.78 is 26.5. The Balaban J connectivity index is 2.17. The zero-order chi connectivity index (χ0) is 14.0. The Hall–Kier alpha value is -1.76. The number of hydrogen-bond acceptors (Lipinski definition) is 4. The molecule has 1 aliphatic rings. The number of aliphatic hydroxyl groups is 1. The van der Waals surface area contributed by atoms with Gasteiger partial charge >= 0.3 is 5.69 Å². The molecule has 0 unspecified atom stereocenters. The van der Waals surface area contributed by atoms with E-state index in [0.29, 0.717) is 19.0 Å². The second-order valence-corrected chi connectivity index (χ2v) is 4.87. The minimum Gasteiger partial charge on any atom is -0.396 e. The van der Waals surface area contributed by atoms with Crippen molar-refractivity contribution < 1.29 is 18.8 Å². The average molecular weight is 272 g/mol. The lowest BCUT2D eigenvalue weighted by atomic mass is 10.0. The third kappa shape index (κ3) is 2.98. The lowest BCUT2D eigenvalue weighted by Gasteiger charge is -2.15. The topological polar surface area (TPSA) is 75.4 Å². The van der Waals surface area contributed by atoms with Crippen LogP contribution in [-0.4, -0.2) is 23.2 Å².